The Balaban J connectivity index is 1.57. The van der Waals surface area contributed by atoms with Crippen LogP contribution in [0, 0.1) is 12.8 Å². The van der Waals surface area contributed by atoms with Crippen LogP contribution in [0.2, 0.25) is 0 Å². The van der Waals surface area contributed by atoms with Gasteiger partial charge in [-0.3, -0.25) is 4.79 Å². The van der Waals surface area contributed by atoms with Crippen molar-refractivity contribution in [3.05, 3.63) is 59.7 Å². The van der Waals surface area contributed by atoms with E-state index in [-0.39, 0.29) is 17.6 Å². The summed E-state index contributed by atoms with van der Waals surface area (Å²) in [6.07, 6.45) is 1.02. The SMILES string of the molecule is CCOc1ccccc1NC(=O)C1CCN(S(=O)(=O)Cc2ccc(C)cc2)CC1. The van der Waals surface area contributed by atoms with Gasteiger partial charge in [-0.25, -0.2) is 12.7 Å². The predicted molar refractivity (Wildman–Crippen MR) is 114 cm³/mol. The Hall–Kier alpha value is -2.38. The fourth-order valence-corrected chi connectivity index (χ4v) is 5.03. The Labute approximate surface area is 172 Å². The van der Waals surface area contributed by atoms with E-state index in [0.29, 0.717) is 44.0 Å². The van der Waals surface area contributed by atoms with Crippen molar-refractivity contribution in [2.24, 2.45) is 5.92 Å². The van der Waals surface area contributed by atoms with Crippen LogP contribution in [-0.4, -0.2) is 38.3 Å². The molecule has 1 fully saturated rings. The van der Waals surface area contributed by atoms with Crippen molar-refractivity contribution < 1.29 is 17.9 Å². The first-order valence-electron chi connectivity index (χ1n) is 9.95. The highest BCUT2D eigenvalue weighted by atomic mass is 32.2. The Bertz CT molecular complexity index is 934. The van der Waals surface area contributed by atoms with Gasteiger partial charge in [0.15, 0.2) is 0 Å². The largest absolute Gasteiger partial charge is 0.492 e. The molecule has 0 spiro atoms. The summed E-state index contributed by atoms with van der Waals surface area (Å²) in [5, 5.41) is 2.93. The van der Waals surface area contributed by atoms with Gasteiger partial charge in [0.05, 0.1) is 18.0 Å². The molecule has 1 heterocycles. The first kappa shape index (κ1) is 21.3. The van der Waals surface area contributed by atoms with Gasteiger partial charge < -0.3 is 10.1 Å². The number of anilines is 1. The molecule has 0 saturated carbocycles. The second-order valence-electron chi connectivity index (χ2n) is 7.33. The number of piperidine rings is 1. The molecular formula is C22H28N2O4S. The van der Waals surface area contributed by atoms with E-state index in [1.54, 1.807) is 0 Å². The summed E-state index contributed by atoms with van der Waals surface area (Å²) in [6, 6.07) is 14.9. The number of carbonyl (C=O) groups excluding carboxylic acids is 1. The first-order chi connectivity index (χ1) is 13.9. The number of hydrogen-bond donors (Lipinski definition) is 1. The second-order valence-corrected chi connectivity index (χ2v) is 9.30. The van der Waals surface area contributed by atoms with Crippen LogP contribution < -0.4 is 10.1 Å². The molecule has 2 aromatic rings. The Morgan fingerprint density at radius 3 is 2.41 bits per heavy atom. The van der Waals surface area contributed by atoms with Crippen molar-refractivity contribution in [3.8, 4) is 5.75 Å². The Morgan fingerprint density at radius 1 is 1.10 bits per heavy atom. The Kier molecular flexibility index (Phi) is 6.92. The van der Waals surface area contributed by atoms with Gasteiger partial charge in [-0.1, -0.05) is 42.0 Å². The van der Waals surface area contributed by atoms with Crippen LogP contribution in [0.1, 0.15) is 30.9 Å². The predicted octanol–water partition coefficient (Wildman–Crippen LogP) is 3.57. The quantitative estimate of drug-likeness (QED) is 0.749. The number of carbonyl (C=O) groups is 1. The molecule has 29 heavy (non-hydrogen) atoms. The number of aryl methyl sites for hydroxylation is 1. The molecule has 1 aliphatic rings. The van der Waals surface area contributed by atoms with E-state index < -0.39 is 10.0 Å². The van der Waals surface area contributed by atoms with Crippen LogP contribution in [0.4, 0.5) is 5.69 Å². The Morgan fingerprint density at radius 2 is 1.76 bits per heavy atom. The molecule has 0 atom stereocenters. The molecule has 6 nitrogen and oxygen atoms in total. The van der Waals surface area contributed by atoms with Crippen LogP contribution >= 0.6 is 0 Å². The zero-order chi connectivity index (χ0) is 20.9. The maximum absolute atomic E-state index is 12.7. The van der Waals surface area contributed by atoms with Crippen molar-refractivity contribution >= 4 is 21.6 Å². The smallest absolute Gasteiger partial charge is 0.227 e. The van der Waals surface area contributed by atoms with E-state index in [9.17, 15) is 13.2 Å². The first-order valence-corrected chi connectivity index (χ1v) is 11.6. The number of amides is 1. The second kappa shape index (κ2) is 9.41. The molecule has 0 radical (unpaired) electrons. The summed E-state index contributed by atoms with van der Waals surface area (Å²) in [7, 11) is -3.39. The minimum Gasteiger partial charge on any atom is -0.492 e. The number of rotatable bonds is 7. The maximum atomic E-state index is 12.7. The summed E-state index contributed by atoms with van der Waals surface area (Å²) in [5.41, 5.74) is 2.53. The molecule has 1 N–H and O–H groups in total. The van der Waals surface area contributed by atoms with Gasteiger partial charge in [0.1, 0.15) is 5.75 Å². The number of ether oxygens (including phenoxy) is 1. The fourth-order valence-electron chi connectivity index (χ4n) is 3.47. The van der Waals surface area contributed by atoms with Crippen molar-refractivity contribution in [1.29, 1.82) is 0 Å². The van der Waals surface area contributed by atoms with E-state index in [1.807, 2.05) is 62.4 Å². The maximum Gasteiger partial charge on any atom is 0.227 e. The molecule has 1 amide bonds. The normalized spacial score (nSPS) is 15.8. The molecule has 2 aromatic carbocycles. The number of nitrogens with one attached hydrogen (secondary N) is 1. The lowest BCUT2D eigenvalue weighted by molar-refractivity contribution is -0.120. The van der Waals surface area contributed by atoms with Crippen LogP contribution in [0.15, 0.2) is 48.5 Å². The monoisotopic (exact) mass is 416 g/mol. The van der Waals surface area contributed by atoms with Crippen LogP contribution in [0.3, 0.4) is 0 Å². The highest BCUT2D eigenvalue weighted by Crippen LogP contribution is 2.27. The van der Waals surface area contributed by atoms with Gasteiger partial charge in [-0.2, -0.15) is 0 Å². The highest BCUT2D eigenvalue weighted by molar-refractivity contribution is 7.88. The third-order valence-corrected chi connectivity index (χ3v) is 6.98. The molecule has 156 valence electrons. The van der Waals surface area contributed by atoms with E-state index in [0.717, 1.165) is 11.1 Å². The number of para-hydroxylation sites is 2. The third-order valence-electron chi connectivity index (χ3n) is 5.13. The summed E-state index contributed by atoms with van der Waals surface area (Å²) in [6.45, 7) is 5.11. The van der Waals surface area contributed by atoms with Gasteiger partial charge in [-0.05, 0) is 44.4 Å². The summed E-state index contributed by atoms with van der Waals surface area (Å²) >= 11 is 0. The summed E-state index contributed by atoms with van der Waals surface area (Å²) in [5.74, 6) is 0.330. The lowest BCUT2D eigenvalue weighted by atomic mass is 9.97. The van der Waals surface area contributed by atoms with Crippen molar-refractivity contribution in [1.82, 2.24) is 4.31 Å². The van der Waals surface area contributed by atoms with Gasteiger partial charge >= 0.3 is 0 Å². The van der Waals surface area contributed by atoms with Crippen LogP contribution in [0.25, 0.3) is 0 Å². The number of benzene rings is 2. The molecular weight excluding hydrogens is 388 g/mol. The average molecular weight is 417 g/mol. The molecule has 1 saturated heterocycles. The van der Waals surface area contributed by atoms with E-state index in [1.165, 1.54) is 4.31 Å². The zero-order valence-corrected chi connectivity index (χ0v) is 17.7. The van der Waals surface area contributed by atoms with Crippen LogP contribution in [-0.2, 0) is 20.6 Å². The number of nitrogens with zero attached hydrogens (tertiary/aromatic N) is 1. The minimum absolute atomic E-state index is 0.00806. The standard InChI is InChI=1S/C22H28N2O4S/c1-3-28-21-7-5-4-6-20(21)23-22(25)19-12-14-24(15-13-19)29(26,27)16-18-10-8-17(2)9-11-18/h4-11,19H,3,12-16H2,1-2H3,(H,23,25). The molecule has 0 aromatic heterocycles. The van der Waals surface area contributed by atoms with Crippen LogP contribution in [0.5, 0.6) is 5.75 Å². The molecule has 1 aliphatic heterocycles. The molecule has 0 aliphatic carbocycles. The van der Waals surface area contributed by atoms with E-state index in [2.05, 4.69) is 5.32 Å². The zero-order valence-electron chi connectivity index (χ0n) is 16.9. The van der Waals surface area contributed by atoms with Gasteiger partial charge in [-0.15, -0.1) is 0 Å². The van der Waals surface area contributed by atoms with E-state index in [4.69, 9.17) is 4.74 Å². The lowest BCUT2D eigenvalue weighted by Gasteiger charge is -2.30. The van der Waals surface area contributed by atoms with Gasteiger partial charge in [0.2, 0.25) is 15.9 Å². The van der Waals surface area contributed by atoms with Crippen molar-refractivity contribution in [2.45, 2.75) is 32.4 Å². The number of sulfonamides is 1. The summed E-state index contributed by atoms with van der Waals surface area (Å²) < 4.78 is 32.5. The van der Waals surface area contributed by atoms with Gasteiger partial charge in [0, 0.05) is 19.0 Å². The minimum atomic E-state index is -3.39. The molecule has 0 unspecified atom stereocenters. The van der Waals surface area contributed by atoms with E-state index >= 15 is 0 Å². The van der Waals surface area contributed by atoms with Gasteiger partial charge in [0.25, 0.3) is 0 Å². The number of hydrogen-bond acceptors (Lipinski definition) is 4. The topological polar surface area (TPSA) is 75.7 Å². The molecule has 0 bridgehead atoms. The van der Waals surface area contributed by atoms with Crippen molar-refractivity contribution in [2.75, 3.05) is 25.0 Å². The van der Waals surface area contributed by atoms with Crippen molar-refractivity contribution in [3.63, 3.8) is 0 Å². The summed E-state index contributed by atoms with van der Waals surface area (Å²) in [4.78, 5) is 12.7. The third kappa shape index (κ3) is 5.58. The highest BCUT2D eigenvalue weighted by Gasteiger charge is 2.31. The fraction of sp³-hybridized carbons (Fsp3) is 0.409. The molecule has 3 rings (SSSR count). The molecule has 7 heteroatoms. The lowest BCUT2D eigenvalue weighted by Crippen LogP contribution is -2.41. The average Bonchev–Trinajstić information content (AvgIpc) is 2.71.